The van der Waals surface area contributed by atoms with Crippen LogP contribution in [0, 0.1) is 5.82 Å². The summed E-state index contributed by atoms with van der Waals surface area (Å²) >= 11 is 5.72. The van der Waals surface area contributed by atoms with Crippen LogP contribution in [0.5, 0.6) is 0 Å². The van der Waals surface area contributed by atoms with Gasteiger partial charge in [0.15, 0.2) is 0 Å². The predicted molar refractivity (Wildman–Crippen MR) is 73.6 cm³/mol. The maximum absolute atomic E-state index is 13.0. The van der Waals surface area contributed by atoms with Gasteiger partial charge < -0.3 is 5.32 Å². The Morgan fingerprint density at radius 1 is 1.59 bits per heavy atom. The number of amides is 1. The van der Waals surface area contributed by atoms with E-state index in [-0.39, 0.29) is 16.8 Å². The van der Waals surface area contributed by atoms with E-state index < -0.39 is 5.82 Å². The van der Waals surface area contributed by atoms with Crippen LogP contribution in [0.1, 0.15) is 24.2 Å². The van der Waals surface area contributed by atoms with Crippen LogP contribution in [0.15, 0.2) is 23.1 Å². The molecule has 94 valence electrons. The molecule has 2 nitrogen and oxygen atoms in total. The fourth-order valence-corrected chi connectivity index (χ4v) is 2.18. The van der Waals surface area contributed by atoms with Gasteiger partial charge in [-0.15, -0.1) is 12.6 Å². The Hall–Kier alpha value is -0.680. The van der Waals surface area contributed by atoms with E-state index in [2.05, 4.69) is 24.9 Å². The third-order valence-electron chi connectivity index (χ3n) is 2.16. The molecular formula is C12H16FNOS2. The van der Waals surface area contributed by atoms with Gasteiger partial charge in [0.05, 0.1) is 0 Å². The smallest absolute Gasteiger partial charge is 0.251 e. The number of thiol groups is 1. The third-order valence-corrected chi connectivity index (χ3v) is 3.64. The number of halogens is 1. The number of hydrogen-bond acceptors (Lipinski definition) is 3. The molecule has 1 aromatic carbocycles. The first kappa shape index (κ1) is 14.4. The number of benzene rings is 1. The quantitative estimate of drug-likeness (QED) is 0.808. The van der Waals surface area contributed by atoms with Gasteiger partial charge in [-0.2, -0.15) is 11.8 Å². The van der Waals surface area contributed by atoms with Crippen molar-refractivity contribution in [1.29, 1.82) is 0 Å². The molecule has 0 aliphatic heterocycles. The number of carbonyl (C=O) groups is 1. The van der Waals surface area contributed by atoms with Crippen LogP contribution < -0.4 is 5.32 Å². The molecule has 5 heteroatoms. The van der Waals surface area contributed by atoms with Crippen LogP contribution in [0.2, 0.25) is 0 Å². The van der Waals surface area contributed by atoms with Gasteiger partial charge in [-0.25, -0.2) is 4.39 Å². The number of thioether (sulfide) groups is 1. The first-order valence-corrected chi connectivity index (χ1v) is 7.02. The van der Waals surface area contributed by atoms with Gasteiger partial charge in [0.1, 0.15) is 5.82 Å². The van der Waals surface area contributed by atoms with Gasteiger partial charge >= 0.3 is 0 Å². The number of nitrogens with one attached hydrogen (secondary N) is 1. The maximum Gasteiger partial charge on any atom is 0.251 e. The van der Waals surface area contributed by atoms with Crippen molar-refractivity contribution in [3.63, 3.8) is 0 Å². The number of rotatable bonds is 5. The highest BCUT2D eigenvalue weighted by atomic mass is 32.2. The summed E-state index contributed by atoms with van der Waals surface area (Å²) in [6.45, 7) is 4.03. The predicted octanol–water partition coefficient (Wildman–Crippen LogP) is 2.99. The molecule has 0 spiro atoms. The second kappa shape index (κ2) is 6.91. The van der Waals surface area contributed by atoms with Crippen LogP contribution in [0.25, 0.3) is 0 Å². The molecule has 1 unspecified atom stereocenters. The summed E-state index contributed by atoms with van der Waals surface area (Å²) in [6.07, 6.45) is 0. The van der Waals surface area contributed by atoms with Gasteiger partial charge in [0.2, 0.25) is 0 Å². The molecule has 0 saturated carbocycles. The molecule has 17 heavy (non-hydrogen) atoms. The van der Waals surface area contributed by atoms with Crippen molar-refractivity contribution in [3.05, 3.63) is 29.6 Å². The molecule has 1 aromatic rings. The molecule has 1 rings (SSSR count). The zero-order valence-corrected chi connectivity index (χ0v) is 11.6. The van der Waals surface area contributed by atoms with Crippen molar-refractivity contribution in [2.24, 2.45) is 0 Å². The second-order valence-corrected chi connectivity index (χ2v) is 5.50. The van der Waals surface area contributed by atoms with E-state index in [1.807, 2.05) is 6.92 Å². The van der Waals surface area contributed by atoms with Crippen molar-refractivity contribution in [2.75, 3.05) is 11.5 Å². The van der Waals surface area contributed by atoms with Gasteiger partial charge in [-0.1, -0.05) is 6.92 Å². The molecule has 0 aliphatic carbocycles. The van der Waals surface area contributed by atoms with Crippen LogP contribution in [-0.2, 0) is 0 Å². The van der Waals surface area contributed by atoms with Crippen LogP contribution >= 0.6 is 24.4 Å². The van der Waals surface area contributed by atoms with E-state index in [9.17, 15) is 9.18 Å². The topological polar surface area (TPSA) is 29.1 Å². The first-order chi connectivity index (χ1) is 8.04. The number of hydrogen-bond donors (Lipinski definition) is 2. The van der Waals surface area contributed by atoms with E-state index in [1.54, 1.807) is 11.8 Å². The zero-order valence-electron chi connectivity index (χ0n) is 9.87. The Morgan fingerprint density at radius 3 is 2.88 bits per heavy atom. The Morgan fingerprint density at radius 2 is 2.29 bits per heavy atom. The summed E-state index contributed by atoms with van der Waals surface area (Å²) in [5.41, 5.74) is 0.435. The van der Waals surface area contributed by atoms with Crippen molar-refractivity contribution in [1.82, 2.24) is 5.32 Å². The lowest BCUT2D eigenvalue weighted by molar-refractivity contribution is 0.0943. The normalized spacial score (nSPS) is 12.2. The average molecular weight is 273 g/mol. The second-order valence-electron chi connectivity index (χ2n) is 3.70. The van der Waals surface area contributed by atoms with Crippen molar-refractivity contribution < 1.29 is 9.18 Å². The molecule has 0 aromatic heterocycles. The molecular weight excluding hydrogens is 257 g/mol. The summed E-state index contributed by atoms with van der Waals surface area (Å²) in [5.74, 6) is 1.29. The minimum atomic E-state index is -0.417. The minimum absolute atomic E-state index is 0.0980. The van der Waals surface area contributed by atoms with Gasteiger partial charge in [-0.3, -0.25) is 4.79 Å². The number of carbonyl (C=O) groups excluding carboxylic acids is 1. The lowest BCUT2D eigenvalue weighted by atomic mass is 10.2. The van der Waals surface area contributed by atoms with E-state index in [4.69, 9.17) is 0 Å². The molecule has 0 fully saturated rings. The molecule has 0 radical (unpaired) electrons. The fourth-order valence-electron chi connectivity index (χ4n) is 1.30. The van der Waals surface area contributed by atoms with Gasteiger partial charge in [0, 0.05) is 22.3 Å². The van der Waals surface area contributed by atoms with Crippen molar-refractivity contribution in [3.8, 4) is 0 Å². The summed E-state index contributed by atoms with van der Waals surface area (Å²) < 4.78 is 13.0. The highest BCUT2D eigenvalue weighted by molar-refractivity contribution is 7.99. The summed E-state index contributed by atoms with van der Waals surface area (Å²) in [5, 5.41) is 2.86. The van der Waals surface area contributed by atoms with E-state index in [0.717, 1.165) is 11.5 Å². The Balaban J connectivity index is 2.60. The van der Waals surface area contributed by atoms with Gasteiger partial charge in [0.25, 0.3) is 5.91 Å². The molecule has 1 N–H and O–H groups in total. The lowest BCUT2D eigenvalue weighted by Gasteiger charge is -2.13. The molecule has 0 bridgehead atoms. The zero-order chi connectivity index (χ0) is 12.8. The van der Waals surface area contributed by atoms with Crippen LogP contribution in [0.4, 0.5) is 4.39 Å². The van der Waals surface area contributed by atoms with Crippen molar-refractivity contribution in [2.45, 2.75) is 24.8 Å². The third kappa shape index (κ3) is 4.60. The van der Waals surface area contributed by atoms with Gasteiger partial charge in [-0.05, 0) is 30.9 Å². The molecule has 0 saturated heterocycles. The standard InChI is InChI=1S/C12H16FNOS2/c1-3-17-7-8(2)14-12(15)9-4-5-10(13)11(16)6-9/h4-6,8,16H,3,7H2,1-2H3,(H,14,15). The Kier molecular flexibility index (Phi) is 5.85. The molecule has 1 atom stereocenters. The highest BCUT2D eigenvalue weighted by Gasteiger charge is 2.11. The van der Waals surface area contributed by atoms with E-state index >= 15 is 0 Å². The fraction of sp³-hybridized carbons (Fsp3) is 0.417. The molecule has 0 aliphatic rings. The Labute approximate surface area is 111 Å². The summed E-state index contributed by atoms with van der Waals surface area (Å²) in [7, 11) is 0. The van der Waals surface area contributed by atoms with E-state index in [1.165, 1.54) is 18.2 Å². The summed E-state index contributed by atoms with van der Waals surface area (Å²) in [6, 6.07) is 4.25. The SMILES string of the molecule is CCSCC(C)NC(=O)c1ccc(F)c(S)c1. The monoisotopic (exact) mass is 273 g/mol. The van der Waals surface area contributed by atoms with Crippen LogP contribution in [-0.4, -0.2) is 23.5 Å². The summed E-state index contributed by atoms with van der Waals surface area (Å²) in [4.78, 5) is 12.0. The van der Waals surface area contributed by atoms with E-state index in [0.29, 0.717) is 5.56 Å². The van der Waals surface area contributed by atoms with Crippen molar-refractivity contribution >= 4 is 30.3 Å². The maximum atomic E-state index is 13.0. The largest absolute Gasteiger partial charge is 0.349 e. The lowest BCUT2D eigenvalue weighted by Crippen LogP contribution is -2.34. The molecule has 1 amide bonds. The highest BCUT2D eigenvalue weighted by Crippen LogP contribution is 2.14. The molecule has 0 heterocycles. The average Bonchev–Trinajstić information content (AvgIpc) is 2.30. The Bertz CT molecular complexity index is 398. The first-order valence-electron chi connectivity index (χ1n) is 5.41. The van der Waals surface area contributed by atoms with Crippen LogP contribution in [0.3, 0.4) is 0 Å². The minimum Gasteiger partial charge on any atom is -0.349 e.